The van der Waals surface area contributed by atoms with Crippen molar-refractivity contribution in [2.75, 3.05) is 0 Å². The van der Waals surface area contributed by atoms with Gasteiger partial charge in [0.15, 0.2) is 9.38 Å². The van der Waals surface area contributed by atoms with Gasteiger partial charge in [0.1, 0.15) is 0 Å². The van der Waals surface area contributed by atoms with E-state index >= 15 is 0 Å². The van der Waals surface area contributed by atoms with Crippen molar-refractivity contribution in [3.05, 3.63) is 50.6 Å². The number of H-pyrrole nitrogens is 2. The average molecular weight is 284 g/mol. The van der Waals surface area contributed by atoms with E-state index in [0.29, 0.717) is 14.7 Å². The highest BCUT2D eigenvalue weighted by Crippen LogP contribution is 2.27. The Morgan fingerprint density at radius 1 is 0.947 bits per heavy atom. The lowest BCUT2D eigenvalue weighted by Crippen LogP contribution is -2.03. The van der Waals surface area contributed by atoms with E-state index in [1.165, 1.54) is 11.3 Å². The summed E-state index contributed by atoms with van der Waals surface area (Å²) in [5.41, 5.74) is 2.68. The molecule has 0 radical (unpaired) electrons. The molecule has 0 saturated carbocycles. The maximum atomic E-state index is 12.6. The fraction of sp³-hybridized carbons (Fsp3) is 0. The molecule has 0 amide bonds. The van der Waals surface area contributed by atoms with Crippen LogP contribution in [0.2, 0.25) is 0 Å². The number of aromatic amines is 2. The first-order valence-electron chi connectivity index (χ1n) is 5.80. The van der Waals surface area contributed by atoms with Crippen LogP contribution in [0.4, 0.5) is 0 Å². The molecular weight excluding hydrogens is 276 g/mol. The molecule has 0 spiro atoms. The van der Waals surface area contributed by atoms with Gasteiger partial charge < -0.3 is 9.97 Å². The standard InChI is InChI=1S/C14H8N2OS2/c17-12-7-3-1-2-4-8(7)15-9-5-6-10-13(11(9)12)19-14(18)16-10/h1-6H,(H,15,17)(H,16,18). The number of nitrogens with one attached hydrogen (secondary N) is 2. The van der Waals surface area contributed by atoms with Crippen molar-refractivity contribution in [2.24, 2.45) is 0 Å². The maximum Gasteiger partial charge on any atom is 0.198 e. The van der Waals surface area contributed by atoms with E-state index in [-0.39, 0.29) is 5.43 Å². The van der Waals surface area contributed by atoms with Crippen LogP contribution < -0.4 is 5.43 Å². The van der Waals surface area contributed by atoms with E-state index in [1.807, 2.05) is 36.4 Å². The second-order valence-electron chi connectivity index (χ2n) is 4.38. The Hall–Kier alpha value is -1.98. The second kappa shape index (κ2) is 3.76. The fourth-order valence-electron chi connectivity index (χ4n) is 2.41. The van der Waals surface area contributed by atoms with E-state index in [0.717, 1.165) is 21.3 Å². The Morgan fingerprint density at radius 3 is 2.63 bits per heavy atom. The molecular formula is C14H8N2OS2. The van der Waals surface area contributed by atoms with Crippen LogP contribution in [-0.2, 0) is 0 Å². The number of aromatic nitrogens is 2. The molecule has 0 aliphatic heterocycles. The zero-order chi connectivity index (χ0) is 13.0. The van der Waals surface area contributed by atoms with Crippen LogP contribution >= 0.6 is 23.6 Å². The van der Waals surface area contributed by atoms with Crippen LogP contribution in [0, 0.1) is 3.95 Å². The quantitative estimate of drug-likeness (QED) is 0.379. The summed E-state index contributed by atoms with van der Waals surface area (Å²) in [4.78, 5) is 19.1. The summed E-state index contributed by atoms with van der Waals surface area (Å²) < 4.78 is 1.62. The van der Waals surface area contributed by atoms with Crippen molar-refractivity contribution in [1.82, 2.24) is 9.97 Å². The first kappa shape index (κ1) is 10.9. The predicted octanol–water partition coefficient (Wildman–Crippen LogP) is 3.95. The SMILES string of the molecule is O=c1c2ccccc2[nH]c2ccc3[nH]c(=S)sc3c12. The molecule has 0 bridgehead atoms. The topological polar surface area (TPSA) is 48.6 Å². The van der Waals surface area contributed by atoms with Gasteiger partial charge in [-0.2, -0.15) is 0 Å². The smallest absolute Gasteiger partial charge is 0.198 e. The van der Waals surface area contributed by atoms with Crippen molar-refractivity contribution in [3.63, 3.8) is 0 Å². The van der Waals surface area contributed by atoms with Crippen LogP contribution in [0.15, 0.2) is 41.2 Å². The molecule has 2 heterocycles. The van der Waals surface area contributed by atoms with E-state index < -0.39 is 0 Å². The number of benzene rings is 2. The Kier molecular flexibility index (Phi) is 2.15. The minimum atomic E-state index is 0.0557. The summed E-state index contributed by atoms with van der Waals surface area (Å²) in [5, 5.41) is 1.43. The maximum absolute atomic E-state index is 12.6. The van der Waals surface area contributed by atoms with Gasteiger partial charge in [0, 0.05) is 10.9 Å². The summed E-state index contributed by atoms with van der Waals surface area (Å²) in [6.07, 6.45) is 0. The molecule has 3 nitrogen and oxygen atoms in total. The molecule has 2 aromatic carbocycles. The largest absolute Gasteiger partial charge is 0.354 e. The Labute approximate surface area is 116 Å². The Morgan fingerprint density at radius 2 is 1.74 bits per heavy atom. The first-order chi connectivity index (χ1) is 9.24. The van der Waals surface area contributed by atoms with Gasteiger partial charge in [0.2, 0.25) is 0 Å². The van der Waals surface area contributed by atoms with Crippen LogP contribution in [-0.4, -0.2) is 9.97 Å². The monoisotopic (exact) mass is 284 g/mol. The van der Waals surface area contributed by atoms with Gasteiger partial charge in [-0.05, 0) is 36.5 Å². The summed E-state index contributed by atoms with van der Waals surface area (Å²) in [7, 11) is 0. The minimum absolute atomic E-state index is 0.0557. The molecule has 4 rings (SSSR count). The second-order valence-corrected chi connectivity index (χ2v) is 6.07. The molecule has 2 N–H and O–H groups in total. The third kappa shape index (κ3) is 1.49. The molecule has 0 saturated heterocycles. The van der Waals surface area contributed by atoms with Gasteiger partial charge >= 0.3 is 0 Å². The molecule has 0 unspecified atom stereocenters. The number of thiazole rings is 1. The lowest BCUT2D eigenvalue weighted by atomic mass is 10.1. The van der Waals surface area contributed by atoms with Crippen LogP contribution in [0.1, 0.15) is 0 Å². The van der Waals surface area contributed by atoms with Gasteiger partial charge in [-0.1, -0.05) is 12.1 Å². The van der Waals surface area contributed by atoms with E-state index in [1.54, 1.807) is 0 Å². The van der Waals surface area contributed by atoms with Crippen LogP contribution in [0.3, 0.4) is 0 Å². The van der Waals surface area contributed by atoms with Crippen LogP contribution in [0.25, 0.3) is 32.0 Å². The molecule has 0 aliphatic rings. The van der Waals surface area contributed by atoms with Gasteiger partial charge in [0.05, 0.1) is 21.1 Å². The third-order valence-electron chi connectivity index (χ3n) is 3.26. The van der Waals surface area contributed by atoms with Crippen molar-refractivity contribution >= 4 is 55.6 Å². The van der Waals surface area contributed by atoms with Gasteiger partial charge in [-0.3, -0.25) is 4.79 Å². The van der Waals surface area contributed by atoms with Crippen molar-refractivity contribution < 1.29 is 0 Å². The molecule has 0 aliphatic carbocycles. The highest BCUT2D eigenvalue weighted by molar-refractivity contribution is 7.73. The van der Waals surface area contributed by atoms with Crippen molar-refractivity contribution in [3.8, 4) is 0 Å². The van der Waals surface area contributed by atoms with Crippen molar-refractivity contribution in [1.29, 1.82) is 0 Å². The number of fused-ring (bicyclic) bond motifs is 4. The summed E-state index contributed by atoms with van der Waals surface area (Å²) in [6, 6.07) is 11.4. The Bertz CT molecular complexity index is 1060. The first-order valence-corrected chi connectivity index (χ1v) is 7.03. The molecule has 92 valence electrons. The third-order valence-corrected chi connectivity index (χ3v) is 4.52. The average Bonchev–Trinajstić information content (AvgIpc) is 2.79. The summed E-state index contributed by atoms with van der Waals surface area (Å²) in [6.45, 7) is 0. The number of pyridine rings is 1. The number of hydrogen-bond acceptors (Lipinski definition) is 3. The normalized spacial score (nSPS) is 11.6. The fourth-order valence-corrected chi connectivity index (χ4v) is 3.65. The van der Waals surface area contributed by atoms with E-state index in [4.69, 9.17) is 12.2 Å². The molecule has 4 aromatic rings. The lowest BCUT2D eigenvalue weighted by molar-refractivity contribution is 1.46. The van der Waals surface area contributed by atoms with E-state index in [2.05, 4.69) is 9.97 Å². The Balaban J connectivity index is 2.40. The van der Waals surface area contributed by atoms with Gasteiger partial charge in [-0.25, -0.2) is 0 Å². The minimum Gasteiger partial charge on any atom is -0.354 e. The summed E-state index contributed by atoms with van der Waals surface area (Å²) >= 11 is 6.61. The zero-order valence-corrected chi connectivity index (χ0v) is 11.3. The van der Waals surface area contributed by atoms with Crippen molar-refractivity contribution in [2.45, 2.75) is 0 Å². The molecule has 2 aromatic heterocycles. The van der Waals surface area contributed by atoms with Gasteiger partial charge in [0.25, 0.3) is 0 Å². The van der Waals surface area contributed by atoms with Crippen LogP contribution in [0.5, 0.6) is 0 Å². The zero-order valence-electron chi connectivity index (χ0n) is 9.69. The lowest BCUT2D eigenvalue weighted by Gasteiger charge is -2.02. The highest BCUT2D eigenvalue weighted by Gasteiger charge is 2.10. The van der Waals surface area contributed by atoms with E-state index in [9.17, 15) is 4.79 Å². The molecule has 5 heteroatoms. The molecule has 19 heavy (non-hydrogen) atoms. The molecule has 0 fully saturated rings. The number of para-hydroxylation sites is 1. The van der Waals surface area contributed by atoms with Gasteiger partial charge in [-0.15, -0.1) is 11.3 Å². The highest BCUT2D eigenvalue weighted by atomic mass is 32.1. The summed E-state index contributed by atoms with van der Waals surface area (Å²) in [5.74, 6) is 0. The number of hydrogen-bond donors (Lipinski definition) is 2. The number of rotatable bonds is 0. The predicted molar refractivity (Wildman–Crippen MR) is 82.6 cm³/mol. The molecule has 0 atom stereocenters.